The molecule has 5 heteroatoms. The SMILES string of the molecule is ONCc1cnn(-c2ccccc2)c1Br. The minimum atomic E-state index is 0.368. The van der Waals surface area contributed by atoms with Crippen LogP contribution < -0.4 is 5.48 Å². The van der Waals surface area contributed by atoms with Gasteiger partial charge in [-0.25, -0.2) is 10.2 Å². The highest BCUT2D eigenvalue weighted by Crippen LogP contribution is 2.20. The van der Waals surface area contributed by atoms with Crippen LogP contribution in [0.5, 0.6) is 0 Å². The monoisotopic (exact) mass is 267 g/mol. The summed E-state index contributed by atoms with van der Waals surface area (Å²) < 4.78 is 2.61. The Labute approximate surface area is 95.6 Å². The molecule has 0 saturated carbocycles. The van der Waals surface area contributed by atoms with Gasteiger partial charge in [-0.2, -0.15) is 5.10 Å². The number of aromatic nitrogens is 2. The Morgan fingerprint density at radius 2 is 2.07 bits per heavy atom. The first-order valence-corrected chi connectivity index (χ1v) is 5.27. The maximum absolute atomic E-state index is 8.62. The van der Waals surface area contributed by atoms with Crippen LogP contribution in [0.3, 0.4) is 0 Å². The van der Waals surface area contributed by atoms with Crippen LogP contribution in [0.4, 0.5) is 0 Å². The fourth-order valence-electron chi connectivity index (χ4n) is 1.32. The molecule has 0 fully saturated rings. The molecule has 0 saturated heterocycles. The van der Waals surface area contributed by atoms with Gasteiger partial charge in [0.25, 0.3) is 0 Å². The molecule has 1 heterocycles. The highest BCUT2D eigenvalue weighted by atomic mass is 79.9. The molecule has 78 valence electrons. The number of para-hydroxylation sites is 1. The molecular weight excluding hydrogens is 258 g/mol. The Hall–Kier alpha value is -1.17. The molecule has 0 aliphatic rings. The van der Waals surface area contributed by atoms with E-state index in [0.29, 0.717) is 6.54 Å². The summed E-state index contributed by atoms with van der Waals surface area (Å²) in [5.74, 6) is 0. The van der Waals surface area contributed by atoms with E-state index in [2.05, 4.69) is 26.5 Å². The van der Waals surface area contributed by atoms with Gasteiger partial charge in [0.05, 0.1) is 18.4 Å². The van der Waals surface area contributed by atoms with Gasteiger partial charge in [-0.3, -0.25) is 0 Å². The van der Waals surface area contributed by atoms with Gasteiger partial charge < -0.3 is 5.21 Å². The van der Waals surface area contributed by atoms with E-state index < -0.39 is 0 Å². The van der Waals surface area contributed by atoms with Crippen molar-refractivity contribution in [2.45, 2.75) is 6.54 Å². The van der Waals surface area contributed by atoms with E-state index >= 15 is 0 Å². The third-order valence-electron chi connectivity index (χ3n) is 2.05. The second kappa shape index (κ2) is 4.57. The van der Waals surface area contributed by atoms with E-state index in [1.165, 1.54) is 0 Å². The molecule has 0 atom stereocenters. The van der Waals surface area contributed by atoms with Crippen LogP contribution in [0.1, 0.15) is 5.56 Å². The van der Waals surface area contributed by atoms with Crippen molar-refractivity contribution >= 4 is 15.9 Å². The predicted octanol–water partition coefficient (Wildman–Crippen LogP) is 2.11. The van der Waals surface area contributed by atoms with Crippen molar-refractivity contribution < 1.29 is 5.21 Å². The summed E-state index contributed by atoms with van der Waals surface area (Å²) >= 11 is 3.44. The van der Waals surface area contributed by atoms with Gasteiger partial charge >= 0.3 is 0 Å². The zero-order chi connectivity index (χ0) is 10.7. The van der Waals surface area contributed by atoms with Crippen LogP contribution in [0.2, 0.25) is 0 Å². The van der Waals surface area contributed by atoms with Crippen molar-refractivity contribution in [1.29, 1.82) is 0 Å². The van der Waals surface area contributed by atoms with Crippen LogP contribution >= 0.6 is 15.9 Å². The summed E-state index contributed by atoms with van der Waals surface area (Å²) in [6.07, 6.45) is 1.71. The molecule has 2 N–H and O–H groups in total. The zero-order valence-electron chi connectivity index (χ0n) is 7.89. The van der Waals surface area contributed by atoms with E-state index in [4.69, 9.17) is 5.21 Å². The number of rotatable bonds is 3. The van der Waals surface area contributed by atoms with Gasteiger partial charge in [0.1, 0.15) is 4.60 Å². The van der Waals surface area contributed by atoms with Crippen molar-refractivity contribution in [2.24, 2.45) is 0 Å². The fraction of sp³-hybridized carbons (Fsp3) is 0.100. The molecule has 0 unspecified atom stereocenters. The first kappa shape index (κ1) is 10.4. The van der Waals surface area contributed by atoms with Crippen LogP contribution in [-0.2, 0) is 6.54 Å². The molecule has 0 aliphatic heterocycles. The van der Waals surface area contributed by atoms with Crippen LogP contribution in [0.15, 0.2) is 41.1 Å². The number of benzene rings is 1. The highest BCUT2D eigenvalue weighted by Gasteiger charge is 2.08. The second-order valence-electron chi connectivity index (χ2n) is 3.04. The van der Waals surface area contributed by atoms with E-state index in [1.54, 1.807) is 10.9 Å². The number of hydrogen-bond donors (Lipinski definition) is 2. The lowest BCUT2D eigenvalue weighted by Gasteiger charge is -2.03. The van der Waals surface area contributed by atoms with Crippen LogP contribution in [0.25, 0.3) is 5.69 Å². The van der Waals surface area contributed by atoms with Crippen molar-refractivity contribution in [3.05, 3.63) is 46.7 Å². The molecule has 1 aromatic carbocycles. The van der Waals surface area contributed by atoms with Crippen molar-refractivity contribution in [1.82, 2.24) is 15.3 Å². The largest absolute Gasteiger partial charge is 0.316 e. The first-order chi connectivity index (χ1) is 7.33. The minimum Gasteiger partial charge on any atom is -0.316 e. The number of nitrogens with zero attached hydrogens (tertiary/aromatic N) is 2. The van der Waals surface area contributed by atoms with Crippen molar-refractivity contribution in [2.75, 3.05) is 0 Å². The number of hydroxylamine groups is 1. The smallest absolute Gasteiger partial charge is 0.114 e. The van der Waals surface area contributed by atoms with Crippen molar-refractivity contribution in [3.8, 4) is 5.69 Å². The number of nitrogens with one attached hydrogen (secondary N) is 1. The van der Waals surface area contributed by atoms with Gasteiger partial charge in [-0.05, 0) is 28.1 Å². The quantitative estimate of drug-likeness (QED) is 0.838. The lowest BCUT2D eigenvalue weighted by atomic mass is 10.3. The molecule has 0 spiro atoms. The average Bonchev–Trinajstić information content (AvgIpc) is 2.63. The molecule has 0 aliphatic carbocycles. The molecule has 0 radical (unpaired) electrons. The summed E-state index contributed by atoms with van der Waals surface area (Å²) in [4.78, 5) is 0. The second-order valence-corrected chi connectivity index (χ2v) is 3.79. The summed E-state index contributed by atoms with van der Waals surface area (Å²) in [5, 5.41) is 12.8. The number of hydrogen-bond acceptors (Lipinski definition) is 3. The van der Waals surface area contributed by atoms with E-state index in [-0.39, 0.29) is 0 Å². The molecule has 0 amide bonds. The van der Waals surface area contributed by atoms with Gasteiger partial charge in [-0.15, -0.1) is 0 Å². The minimum absolute atomic E-state index is 0.368. The molecule has 2 aromatic rings. The molecule has 2 rings (SSSR count). The normalized spacial score (nSPS) is 10.5. The third-order valence-corrected chi connectivity index (χ3v) is 2.90. The van der Waals surface area contributed by atoms with Gasteiger partial charge in [-0.1, -0.05) is 18.2 Å². The van der Waals surface area contributed by atoms with Crippen molar-refractivity contribution in [3.63, 3.8) is 0 Å². The average molecular weight is 268 g/mol. The molecule has 15 heavy (non-hydrogen) atoms. The maximum Gasteiger partial charge on any atom is 0.114 e. The summed E-state index contributed by atoms with van der Waals surface area (Å²) in [5.41, 5.74) is 3.99. The fourth-order valence-corrected chi connectivity index (χ4v) is 1.86. The standard InChI is InChI=1S/C10H10BrN3O/c11-10-8(7-13-15)6-12-14(10)9-4-2-1-3-5-9/h1-6,13,15H,7H2. The Balaban J connectivity index is 2.38. The first-order valence-electron chi connectivity index (χ1n) is 4.47. The topological polar surface area (TPSA) is 50.1 Å². The third kappa shape index (κ3) is 2.09. The van der Waals surface area contributed by atoms with Gasteiger partial charge in [0, 0.05) is 5.56 Å². The number of halogens is 1. The van der Waals surface area contributed by atoms with Gasteiger partial charge in [0.15, 0.2) is 0 Å². The van der Waals surface area contributed by atoms with Crippen LogP contribution in [-0.4, -0.2) is 15.0 Å². The zero-order valence-corrected chi connectivity index (χ0v) is 9.48. The van der Waals surface area contributed by atoms with E-state index in [0.717, 1.165) is 15.9 Å². The van der Waals surface area contributed by atoms with E-state index in [1.807, 2.05) is 30.3 Å². The maximum atomic E-state index is 8.62. The molecular formula is C10H10BrN3O. The summed E-state index contributed by atoms with van der Waals surface area (Å²) in [7, 11) is 0. The van der Waals surface area contributed by atoms with Crippen LogP contribution in [0, 0.1) is 0 Å². The molecule has 1 aromatic heterocycles. The lowest BCUT2D eigenvalue weighted by molar-refractivity contribution is 0.161. The predicted molar refractivity (Wildman–Crippen MR) is 59.9 cm³/mol. The van der Waals surface area contributed by atoms with E-state index in [9.17, 15) is 0 Å². The lowest BCUT2D eigenvalue weighted by Crippen LogP contribution is -2.06. The summed E-state index contributed by atoms with van der Waals surface area (Å²) in [6, 6.07) is 9.79. The Kier molecular flexibility index (Phi) is 3.15. The molecule has 4 nitrogen and oxygen atoms in total. The van der Waals surface area contributed by atoms with Gasteiger partial charge in [0.2, 0.25) is 0 Å². The summed E-state index contributed by atoms with van der Waals surface area (Å²) in [6.45, 7) is 0.368. The molecule has 0 bridgehead atoms. The Bertz CT molecular complexity index is 441. The Morgan fingerprint density at radius 1 is 1.33 bits per heavy atom. The Morgan fingerprint density at radius 3 is 2.73 bits per heavy atom. The highest BCUT2D eigenvalue weighted by molar-refractivity contribution is 9.10.